The number of nitrogens with one attached hydrogen (secondary N) is 1. The zero-order chi connectivity index (χ0) is 26.2. The minimum Gasteiger partial charge on any atom is -0.484 e. The molecule has 4 rings (SSSR count). The molecule has 1 N–H and O–H groups in total. The summed E-state index contributed by atoms with van der Waals surface area (Å²) in [4.78, 5) is 29.0. The van der Waals surface area contributed by atoms with Gasteiger partial charge in [0.05, 0.1) is 0 Å². The van der Waals surface area contributed by atoms with Gasteiger partial charge in [-0.25, -0.2) is 0 Å². The van der Waals surface area contributed by atoms with Crippen molar-refractivity contribution in [1.29, 1.82) is 0 Å². The molecule has 0 unspecified atom stereocenters. The van der Waals surface area contributed by atoms with Crippen molar-refractivity contribution < 1.29 is 14.3 Å². The summed E-state index contributed by atoms with van der Waals surface area (Å²) in [5, 5.41) is 4.15. The maximum Gasteiger partial charge on any atom is 0.261 e. The molecule has 1 aliphatic carbocycles. The minimum absolute atomic E-state index is 0.130. The minimum atomic E-state index is -0.734. The molecule has 1 atom stereocenters. The van der Waals surface area contributed by atoms with E-state index in [0.29, 0.717) is 27.8 Å². The Morgan fingerprint density at radius 2 is 1.70 bits per heavy atom. The predicted molar refractivity (Wildman–Crippen MR) is 148 cm³/mol. The van der Waals surface area contributed by atoms with Crippen LogP contribution in [0, 0.1) is 6.92 Å². The number of benzene rings is 3. The lowest BCUT2D eigenvalue weighted by atomic mass is 10.0. The van der Waals surface area contributed by atoms with Crippen LogP contribution in [0.1, 0.15) is 42.4 Å². The number of aryl methyl sites for hydroxylation is 1. The molecule has 0 aromatic heterocycles. The van der Waals surface area contributed by atoms with Gasteiger partial charge >= 0.3 is 0 Å². The second-order valence-electron chi connectivity index (χ2n) is 9.51. The number of rotatable bonds is 10. The summed E-state index contributed by atoms with van der Waals surface area (Å²) in [7, 11) is 0. The highest BCUT2D eigenvalue weighted by molar-refractivity contribution is 6.35. The topological polar surface area (TPSA) is 58.6 Å². The highest BCUT2D eigenvalue weighted by Gasteiger charge is 2.32. The molecular weight excluding hydrogens is 507 g/mol. The van der Waals surface area contributed by atoms with Gasteiger partial charge in [-0.3, -0.25) is 9.59 Å². The van der Waals surface area contributed by atoms with Crippen LogP contribution in [0.4, 0.5) is 0 Å². The fourth-order valence-electron chi connectivity index (χ4n) is 4.70. The molecule has 5 nitrogen and oxygen atoms in total. The largest absolute Gasteiger partial charge is 0.484 e. The quantitative estimate of drug-likeness (QED) is 0.325. The lowest BCUT2D eigenvalue weighted by molar-refractivity contribution is -0.143. The highest BCUT2D eigenvalue weighted by atomic mass is 35.5. The summed E-state index contributed by atoms with van der Waals surface area (Å²) in [6.07, 6.45) is 4.48. The molecule has 0 heterocycles. The smallest absolute Gasteiger partial charge is 0.261 e. The summed E-state index contributed by atoms with van der Waals surface area (Å²) < 4.78 is 5.90. The third-order valence-electron chi connectivity index (χ3n) is 6.77. The van der Waals surface area contributed by atoms with Crippen molar-refractivity contribution in [2.24, 2.45) is 0 Å². The third kappa shape index (κ3) is 7.50. The van der Waals surface area contributed by atoms with Gasteiger partial charge in [0, 0.05) is 29.1 Å². The Morgan fingerprint density at radius 1 is 1.00 bits per heavy atom. The lowest BCUT2D eigenvalue weighted by Crippen LogP contribution is -2.53. The van der Waals surface area contributed by atoms with Gasteiger partial charge in [-0.15, -0.1) is 0 Å². The summed E-state index contributed by atoms with van der Waals surface area (Å²) in [5.41, 5.74) is 2.61. The van der Waals surface area contributed by atoms with Gasteiger partial charge in [0.1, 0.15) is 11.8 Å². The van der Waals surface area contributed by atoms with Gasteiger partial charge in [-0.05, 0) is 54.7 Å². The van der Waals surface area contributed by atoms with Crippen LogP contribution < -0.4 is 10.1 Å². The van der Waals surface area contributed by atoms with Crippen molar-refractivity contribution in [2.45, 2.75) is 57.7 Å². The van der Waals surface area contributed by atoms with E-state index < -0.39 is 6.04 Å². The van der Waals surface area contributed by atoms with Gasteiger partial charge in [0.2, 0.25) is 5.91 Å². The van der Waals surface area contributed by atoms with E-state index >= 15 is 0 Å². The first-order valence-corrected chi connectivity index (χ1v) is 13.4. The second kappa shape index (κ2) is 13.0. The van der Waals surface area contributed by atoms with Crippen LogP contribution in [0.25, 0.3) is 0 Å². The van der Waals surface area contributed by atoms with Crippen molar-refractivity contribution in [2.75, 3.05) is 6.61 Å². The van der Waals surface area contributed by atoms with E-state index in [2.05, 4.69) is 5.32 Å². The van der Waals surface area contributed by atoms with Crippen molar-refractivity contribution in [3.8, 4) is 5.75 Å². The number of carbonyl (C=O) groups is 2. The number of ether oxygens (including phenoxy) is 1. The Bertz CT molecular complexity index is 1210. The van der Waals surface area contributed by atoms with Crippen LogP contribution in [0.5, 0.6) is 5.75 Å². The second-order valence-corrected chi connectivity index (χ2v) is 10.4. The average molecular weight is 540 g/mol. The van der Waals surface area contributed by atoms with Gasteiger partial charge in [0.15, 0.2) is 6.61 Å². The SMILES string of the molecule is Cc1ccccc1OCC(=O)N(Cc1ccc(Cl)cc1Cl)[C@@H](Cc1ccccc1)C(=O)NC1CCCC1. The van der Waals surface area contributed by atoms with E-state index in [1.54, 1.807) is 23.1 Å². The molecule has 1 saturated carbocycles. The van der Waals surface area contributed by atoms with Crippen LogP contribution in [-0.2, 0) is 22.6 Å². The Kier molecular flexibility index (Phi) is 9.48. The molecule has 1 aliphatic rings. The van der Waals surface area contributed by atoms with Gasteiger partial charge < -0.3 is 15.0 Å². The van der Waals surface area contributed by atoms with E-state index in [-0.39, 0.29) is 31.0 Å². The van der Waals surface area contributed by atoms with Crippen molar-refractivity contribution in [3.63, 3.8) is 0 Å². The molecule has 3 aromatic rings. The van der Waals surface area contributed by atoms with Crippen LogP contribution in [0.3, 0.4) is 0 Å². The predicted octanol–water partition coefficient (Wildman–Crippen LogP) is 6.38. The first-order chi connectivity index (χ1) is 17.9. The summed E-state index contributed by atoms with van der Waals surface area (Å²) in [5.74, 6) is 0.178. The standard InChI is InChI=1S/C30H32Cl2N2O3/c1-21-9-5-8-14-28(21)37-20-29(35)34(19-23-15-16-24(31)18-26(23)32)27(17-22-10-3-2-4-11-22)30(36)33-25-12-6-7-13-25/h2-5,8-11,14-16,18,25,27H,6-7,12-13,17,19-20H2,1H3,(H,33,36)/t27-/m0/s1. The summed E-state index contributed by atoms with van der Waals surface area (Å²) in [6.45, 7) is 1.89. The number of hydrogen-bond donors (Lipinski definition) is 1. The van der Waals surface area contributed by atoms with Crippen LogP contribution in [-0.4, -0.2) is 35.4 Å². The zero-order valence-corrected chi connectivity index (χ0v) is 22.5. The molecule has 0 radical (unpaired) electrons. The Balaban J connectivity index is 1.64. The lowest BCUT2D eigenvalue weighted by Gasteiger charge is -2.32. The maximum atomic E-state index is 13.7. The Labute approximate surface area is 228 Å². The van der Waals surface area contributed by atoms with Crippen molar-refractivity contribution in [1.82, 2.24) is 10.2 Å². The normalized spacial score (nSPS) is 14.2. The summed E-state index contributed by atoms with van der Waals surface area (Å²) in [6, 6.07) is 21.9. The number of halogens is 2. The number of nitrogens with zero attached hydrogens (tertiary/aromatic N) is 1. The molecular formula is C30H32Cl2N2O3. The maximum absolute atomic E-state index is 13.7. The molecule has 0 spiro atoms. The Hall–Kier alpha value is -3.02. The highest BCUT2D eigenvalue weighted by Crippen LogP contribution is 2.25. The molecule has 0 aliphatic heterocycles. The zero-order valence-electron chi connectivity index (χ0n) is 21.0. The van der Waals surface area contributed by atoms with Gasteiger partial charge in [0.25, 0.3) is 5.91 Å². The van der Waals surface area contributed by atoms with Gasteiger partial charge in [-0.2, -0.15) is 0 Å². The monoisotopic (exact) mass is 538 g/mol. The van der Waals surface area contributed by atoms with E-state index in [9.17, 15) is 9.59 Å². The number of para-hydroxylation sites is 1. The van der Waals surface area contributed by atoms with E-state index in [0.717, 1.165) is 36.8 Å². The van der Waals surface area contributed by atoms with Gasteiger partial charge in [-0.1, -0.05) is 90.6 Å². The van der Waals surface area contributed by atoms with E-state index in [1.807, 2.05) is 61.5 Å². The molecule has 0 saturated heterocycles. The first-order valence-electron chi connectivity index (χ1n) is 12.7. The fraction of sp³-hybridized carbons (Fsp3) is 0.333. The molecule has 37 heavy (non-hydrogen) atoms. The average Bonchev–Trinajstić information content (AvgIpc) is 3.40. The molecule has 3 aromatic carbocycles. The van der Waals surface area contributed by atoms with Crippen LogP contribution >= 0.6 is 23.2 Å². The third-order valence-corrected chi connectivity index (χ3v) is 7.36. The first kappa shape index (κ1) is 27.0. The molecule has 7 heteroatoms. The number of carbonyl (C=O) groups excluding carboxylic acids is 2. The molecule has 0 bridgehead atoms. The number of hydrogen-bond acceptors (Lipinski definition) is 3. The van der Waals surface area contributed by atoms with Crippen molar-refractivity contribution in [3.05, 3.63) is 99.5 Å². The number of amides is 2. The molecule has 194 valence electrons. The molecule has 1 fully saturated rings. The van der Waals surface area contributed by atoms with E-state index in [1.165, 1.54) is 0 Å². The van der Waals surface area contributed by atoms with E-state index in [4.69, 9.17) is 27.9 Å². The molecule has 2 amide bonds. The van der Waals surface area contributed by atoms with Crippen LogP contribution in [0.2, 0.25) is 10.0 Å². The summed E-state index contributed by atoms with van der Waals surface area (Å²) >= 11 is 12.6. The van der Waals surface area contributed by atoms with Crippen LogP contribution in [0.15, 0.2) is 72.8 Å². The van der Waals surface area contributed by atoms with Crippen molar-refractivity contribution >= 4 is 35.0 Å². The Morgan fingerprint density at radius 3 is 2.41 bits per heavy atom. The fourth-order valence-corrected chi connectivity index (χ4v) is 5.16.